The molecule has 246 valence electrons. The molecule has 0 bridgehead atoms. The van der Waals surface area contributed by atoms with E-state index in [1.807, 2.05) is 0 Å². The zero-order valence-corrected chi connectivity index (χ0v) is 23.9. The molecule has 43 heavy (non-hydrogen) atoms. The van der Waals surface area contributed by atoms with Crippen molar-refractivity contribution in [3.8, 4) is 5.75 Å². The quantitative estimate of drug-likeness (QED) is 0.0286. The van der Waals surface area contributed by atoms with E-state index in [1.54, 1.807) is 6.92 Å². The molecule has 0 N–H and O–H groups in total. The molecule has 11 nitrogen and oxygen atoms in total. The van der Waals surface area contributed by atoms with Crippen LogP contribution in [0, 0.1) is 29.1 Å². The lowest BCUT2D eigenvalue weighted by molar-refractivity contribution is -0.140. The lowest BCUT2D eigenvalue weighted by Gasteiger charge is -2.09. The van der Waals surface area contributed by atoms with E-state index >= 15 is 0 Å². The van der Waals surface area contributed by atoms with Crippen LogP contribution >= 0.6 is 0 Å². The Kier molecular flexibility index (Phi) is 21.1. The zero-order valence-electron chi connectivity index (χ0n) is 23.9. The molecule has 16 heteroatoms. The Bertz CT molecular complexity index is 952. The second-order valence-corrected chi connectivity index (χ2v) is 8.33. The van der Waals surface area contributed by atoms with Crippen LogP contribution in [0.4, 0.5) is 22.0 Å². The van der Waals surface area contributed by atoms with Gasteiger partial charge >= 0.3 is 11.9 Å². The molecular formula is C27H37F5O11. The lowest BCUT2D eigenvalue weighted by Crippen LogP contribution is -2.16. The van der Waals surface area contributed by atoms with Crippen LogP contribution in [-0.2, 0) is 47.5 Å². The normalized spacial score (nSPS) is 11.1. The van der Waals surface area contributed by atoms with Crippen LogP contribution in [0.3, 0.4) is 0 Å². The first-order chi connectivity index (χ1) is 20.7. The van der Waals surface area contributed by atoms with E-state index in [9.17, 15) is 31.5 Å². The monoisotopic (exact) mass is 632 g/mol. The van der Waals surface area contributed by atoms with Crippen molar-refractivity contribution in [1.29, 1.82) is 0 Å². The molecule has 1 rings (SSSR count). The first kappa shape index (κ1) is 38.3. The number of halogens is 5. The standard InChI is InChI=1S/C27H37F5O11/c1-19(2)27(34)42-18-17-41-16-15-40-14-13-39-12-11-38-10-9-37-8-7-36-6-5-35-4-3-20(33)43-26-24(31)22(29)21(28)23(30)25(26)32/h1,3-18H2,2H3. The van der Waals surface area contributed by atoms with Crippen molar-refractivity contribution in [1.82, 2.24) is 0 Å². The number of hydrogen-bond donors (Lipinski definition) is 0. The minimum atomic E-state index is -2.35. The summed E-state index contributed by atoms with van der Waals surface area (Å²) in [6.07, 6.45) is -0.490. The maximum atomic E-state index is 13.5. The second kappa shape index (κ2) is 23.7. The van der Waals surface area contributed by atoms with Crippen molar-refractivity contribution in [3.63, 3.8) is 0 Å². The molecule has 0 saturated heterocycles. The molecule has 0 atom stereocenters. The van der Waals surface area contributed by atoms with Gasteiger partial charge in [-0.05, 0) is 6.92 Å². The summed E-state index contributed by atoms with van der Waals surface area (Å²) in [7, 11) is 0. The molecule has 0 unspecified atom stereocenters. The van der Waals surface area contributed by atoms with Crippen molar-refractivity contribution in [3.05, 3.63) is 41.2 Å². The molecule has 0 aliphatic heterocycles. The van der Waals surface area contributed by atoms with E-state index in [-0.39, 0.29) is 39.6 Å². The molecule has 0 fully saturated rings. The van der Waals surface area contributed by atoms with Crippen molar-refractivity contribution >= 4 is 11.9 Å². The van der Waals surface area contributed by atoms with Gasteiger partial charge in [-0.25, -0.2) is 18.0 Å². The molecule has 0 aromatic heterocycles. The van der Waals surface area contributed by atoms with Gasteiger partial charge in [0.2, 0.25) is 34.8 Å². The summed E-state index contributed by atoms with van der Waals surface area (Å²) in [5, 5.41) is 0. The number of ether oxygens (including phenoxy) is 9. The summed E-state index contributed by atoms with van der Waals surface area (Å²) in [4.78, 5) is 22.8. The van der Waals surface area contributed by atoms with Gasteiger partial charge in [-0.1, -0.05) is 6.58 Å². The predicted molar refractivity (Wildman–Crippen MR) is 138 cm³/mol. The summed E-state index contributed by atoms with van der Waals surface area (Å²) in [6, 6.07) is 0. The Balaban J connectivity index is 1.83. The minimum Gasteiger partial charge on any atom is -0.460 e. The van der Waals surface area contributed by atoms with E-state index in [4.69, 9.17) is 37.9 Å². The van der Waals surface area contributed by atoms with Crippen LogP contribution < -0.4 is 4.74 Å². The minimum absolute atomic E-state index is 0.0759. The molecule has 0 heterocycles. The van der Waals surface area contributed by atoms with Crippen molar-refractivity contribution < 1.29 is 74.2 Å². The predicted octanol–water partition coefficient (Wildman–Crippen LogP) is 2.91. The molecule has 0 aliphatic carbocycles. The average Bonchev–Trinajstić information content (AvgIpc) is 2.99. The van der Waals surface area contributed by atoms with E-state index in [1.165, 1.54) is 0 Å². The first-order valence-electron chi connectivity index (χ1n) is 13.3. The van der Waals surface area contributed by atoms with Crippen molar-refractivity contribution in [2.45, 2.75) is 13.3 Å². The number of benzene rings is 1. The smallest absolute Gasteiger partial charge is 0.333 e. The van der Waals surface area contributed by atoms with Crippen LogP contribution in [0.5, 0.6) is 5.75 Å². The Morgan fingerprint density at radius 2 is 0.814 bits per heavy atom. The summed E-state index contributed by atoms with van der Waals surface area (Å²) < 4.78 is 112. The third-order valence-corrected chi connectivity index (χ3v) is 4.88. The van der Waals surface area contributed by atoms with Gasteiger partial charge in [0.25, 0.3) is 0 Å². The Labute approximate surface area is 246 Å². The topological polar surface area (TPSA) is 117 Å². The highest BCUT2D eigenvalue weighted by Crippen LogP contribution is 2.29. The van der Waals surface area contributed by atoms with Gasteiger partial charge in [-0.15, -0.1) is 0 Å². The fourth-order valence-corrected chi connectivity index (χ4v) is 2.73. The third kappa shape index (κ3) is 17.2. The van der Waals surface area contributed by atoms with Gasteiger partial charge in [0, 0.05) is 5.57 Å². The molecule has 0 saturated carbocycles. The fraction of sp³-hybridized carbons (Fsp3) is 0.630. The second-order valence-electron chi connectivity index (χ2n) is 8.33. The molecule has 0 aliphatic rings. The molecule has 0 amide bonds. The van der Waals surface area contributed by atoms with E-state index in [2.05, 4.69) is 11.3 Å². The van der Waals surface area contributed by atoms with Crippen LogP contribution in [0.2, 0.25) is 0 Å². The third-order valence-electron chi connectivity index (χ3n) is 4.88. The number of hydrogen-bond acceptors (Lipinski definition) is 11. The van der Waals surface area contributed by atoms with Gasteiger partial charge in [0.05, 0.1) is 98.9 Å². The van der Waals surface area contributed by atoms with Crippen molar-refractivity contribution in [2.75, 3.05) is 99.1 Å². The Morgan fingerprint density at radius 3 is 1.16 bits per heavy atom. The summed E-state index contributed by atoms with van der Waals surface area (Å²) in [6.45, 7) is 9.12. The van der Waals surface area contributed by atoms with Gasteiger partial charge in [0.15, 0.2) is 0 Å². The van der Waals surface area contributed by atoms with E-state index in [0.717, 1.165) is 0 Å². The maximum Gasteiger partial charge on any atom is 0.333 e. The maximum absolute atomic E-state index is 13.5. The van der Waals surface area contributed by atoms with Gasteiger partial charge < -0.3 is 42.6 Å². The van der Waals surface area contributed by atoms with Gasteiger partial charge in [-0.2, -0.15) is 8.78 Å². The number of carbonyl (C=O) groups is 2. The highest BCUT2D eigenvalue weighted by atomic mass is 19.2. The molecule has 1 aromatic carbocycles. The van der Waals surface area contributed by atoms with E-state index in [0.29, 0.717) is 65.0 Å². The van der Waals surface area contributed by atoms with Crippen molar-refractivity contribution in [2.24, 2.45) is 0 Å². The first-order valence-corrected chi connectivity index (χ1v) is 13.3. The Morgan fingerprint density at radius 1 is 0.512 bits per heavy atom. The highest BCUT2D eigenvalue weighted by molar-refractivity contribution is 5.86. The average molecular weight is 633 g/mol. The molecule has 1 aromatic rings. The zero-order chi connectivity index (χ0) is 31.9. The van der Waals surface area contributed by atoms with Crippen LogP contribution in [0.15, 0.2) is 12.2 Å². The largest absolute Gasteiger partial charge is 0.460 e. The van der Waals surface area contributed by atoms with E-state index < -0.39 is 53.2 Å². The number of rotatable bonds is 26. The summed E-state index contributed by atoms with van der Waals surface area (Å²) in [5.41, 5.74) is 0.337. The number of carbonyl (C=O) groups excluding carboxylic acids is 2. The molecule has 0 spiro atoms. The summed E-state index contributed by atoms with van der Waals surface area (Å²) >= 11 is 0. The SMILES string of the molecule is C=C(C)C(=O)OCCOCCOCCOCCOCCOCCOCCOCCC(=O)Oc1c(F)c(F)c(F)c(F)c1F. The lowest BCUT2D eigenvalue weighted by atomic mass is 10.2. The summed E-state index contributed by atoms with van der Waals surface area (Å²) in [5.74, 6) is -14.6. The van der Waals surface area contributed by atoms with Gasteiger partial charge in [0.1, 0.15) is 6.61 Å². The van der Waals surface area contributed by atoms with Crippen LogP contribution in [-0.4, -0.2) is 111 Å². The Hall–Kier alpha value is -2.73. The molecular weight excluding hydrogens is 595 g/mol. The molecule has 0 radical (unpaired) electrons. The highest BCUT2D eigenvalue weighted by Gasteiger charge is 2.28. The fourth-order valence-electron chi connectivity index (χ4n) is 2.73. The van der Waals surface area contributed by atoms with Crippen LogP contribution in [0.1, 0.15) is 13.3 Å². The van der Waals surface area contributed by atoms with Crippen LogP contribution in [0.25, 0.3) is 0 Å². The van der Waals surface area contributed by atoms with Gasteiger partial charge in [-0.3, -0.25) is 4.79 Å². The number of esters is 2.